The van der Waals surface area contributed by atoms with Crippen LogP contribution in [0.2, 0.25) is 0 Å². The Morgan fingerprint density at radius 1 is 1.40 bits per heavy atom. The quantitative estimate of drug-likeness (QED) is 0.878. The number of pyridine rings is 1. The highest BCUT2D eigenvalue weighted by atomic mass is 79.9. The maximum atomic E-state index is 12.4. The van der Waals surface area contributed by atoms with Crippen molar-refractivity contribution in [1.29, 1.82) is 0 Å². The first-order valence-electron chi connectivity index (χ1n) is 5.74. The normalized spacial score (nSPS) is 11.7. The number of thiazole rings is 1. The first kappa shape index (κ1) is 15.2. The molecule has 0 bridgehead atoms. The zero-order valence-electron chi connectivity index (χ0n) is 10.5. The number of alkyl halides is 3. The standard InChI is InChI=1S/C12H11BrF3N3S/c1-7-4-10(18-5-8(7)13)17-3-2-11-19-9(6-20-11)12(14,15)16/h4-6H,2-3H2,1H3,(H,17,18). The van der Waals surface area contributed by atoms with Crippen molar-refractivity contribution in [2.45, 2.75) is 19.5 Å². The van der Waals surface area contributed by atoms with E-state index in [2.05, 4.69) is 31.2 Å². The Morgan fingerprint density at radius 3 is 2.75 bits per heavy atom. The lowest BCUT2D eigenvalue weighted by Crippen LogP contribution is -2.08. The van der Waals surface area contributed by atoms with Gasteiger partial charge in [0.15, 0.2) is 5.69 Å². The van der Waals surface area contributed by atoms with Gasteiger partial charge in [-0.2, -0.15) is 13.2 Å². The number of anilines is 1. The first-order chi connectivity index (χ1) is 9.36. The molecule has 0 aromatic carbocycles. The van der Waals surface area contributed by atoms with Crippen molar-refractivity contribution in [2.75, 3.05) is 11.9 Å². The Balaban J connectivity index is 1.89. The molecule has 2 aromatic rings. The van der Waals surface area contributed by atoms with Crippen molar-refractivity contribution in [2.24, 2.45) is 0 Å². The molecule has 0 atom stereocenters. The third-order valence-electron chi connectivity index (χ3n) is 2.53. The minimum absolute atomic E-state index is 0.428. The van der Waals surface area contributed by atoms with E-state index < -0.39 is 11.9 Å². The van der Waals surface area contributed by atoms with Crippen molar-refractivity contribution in [3.63, 3.8) is 0 Å². The Kier molecular flexibility index (Phi) is 4.64. The van der Waals surface area contributed by atoms with E-state index in [1.807, 2.05) is 13.0 Å². The summed E-state index contributed by atoms with van der Waals surface area (Å²) in [5, 5.41) is 4.56. The molecular weight excluding hydrogens is 355 g/mol. The number of rotatable bonds is 4. The van der Waals surface area contributed by atoms with Crippen LogP contribution >= 0.6 is 27.3 Å². The van der Waals surface area contributed by atoms with Gasteiger partial charge in [-0.1, -0.05) is 0 Å². The van der Waals surface area contributed by atoms with Gasteiger partial charge in [0.25, 0.3) is 0 Å². The van der Waals surface area contributed by atoms with Gasteiger partial charge in [0.2, 0.25) is 0 Å². The lowest BCUT2D eigenvalue weighted by molar-refractivity contribution is -0.140. The van der Waals surface area contributed by atoms with E-state index in [0.717, 1.165) is 26.8 Å². The van der Waals surface area contributed by atoms with Crippen molar-refractivity contribution in [3.8, 4) is 0 Å². The minimum Gasteiger partial charge on any atom is -0.370 e. The number of nitrogens with one attached hydrogen (secondary N) is 1. The van der Waals surface area contributed by atoms with E-state index in [1.165, 1.54) is 0 Å². The lowest BCUT2D eigenvalue weighted by Gasteiger charge is -2.06. The summed E-state index contributed by atoms with van der Waals surface area (Å²) >= 11 is 4.37. The van der Waals surface area contributed by atoms with Gasteiger partial charge in [-0.05, 0) is 34.5 Å². The fourth-order valence-corrected chi connectivity index (χ4v) is 2.51. The Labute approximate surface area is 126 Å². The van der Waals surface area contributed by atoms with Crippen LogP contribution in [0, 0.1) is 6.92 Å². The van der Waals surface area contributed by atoms with E-state index in [1.54, 1.807) is 6.20 Å². The maximum Gasteiger partial charge on any atom is 0.434 e. The SMILES string of the molecule is Cc1cc(NCCc2nc(C(F)(F)F)cs2)ncc1Br. The summed E-state index contributed by atoms with van der Waals surface area (Å²) < 4.78 is 38.1. The molecule has 0 aliphatic rings. The summed E-state index contributed by atoms with van der Waals surface area (Å²) in [6.07, 6.45) is -2.26. The summed E-state index contributed by atoms with van der Waals surface area (Å²) in [5.41, 5.74) is 0.214. The maximum absolute atomic E-state index is 12.4. The van der Waals surface area contributed by atoms with Crippen molar-refractivity contribution in [1.82, 2.24) is 9.97 Å². The fourth-order valence-electron chi connectivity index (χ4n) is 1.49. The molecule has 0 saturated carbocycles. The molecule has 2 aromatic heterocycles. The number of aromatic nitrogens is 2. The molecule has 0 spiro atoms. The third-order valence-corrected chi connectivity index (χ3v) is 4.27. The highest BCUT2D eigenvalue weighted by Crippen LogP contribution is 2.30. The molecule has 2 heterocycles. The second-order valence-corrected chi connectivity index (χ2v) is 5.92. The zero-order valence-corrected chi connectivity index (χ0v) is 12.9. The molecule has 0 fully saturated rings. The monoisotopic (exact) mass is 365 g/mol. The molecule has 0 radical (unpaired) electrons. The number of hydrogen-bond donors (Lipinski definition) is 1. The van der Waals surface area contributed by atoms with Gasteiger partial charge < -0.3 is 5.32 Å². The number of nitrogens with zero attached hydrogens (tertiary/aromatic N) is 2. The Hall–Kier alpha value is -1.15. The molecule has 2 rings (SSSR count). The van der Waals surface area contributed by atoms with E-state index in [0.29, 0.717) is 23.8 Å². The molecule has 8 heteroatoms. The molecule has 3 nitrogen and oxygen atoms in total. The van der Waals surface area contributed by atoms with Crippen LogP contribution in [0.1, 0.15) is 16.3 Å². The predicted molar refractivity (Wildman–Crippen MR) is 76.0 cm³/mol. The average Bonchev–Trinajstić information content (AvgIpc) is 2.82. The van der Waals surface area contributed by atoms with Crippen molar-refractivity contribution < 1.29 is 13.2 Å². The highest BCUT2D eigenvalue weighted by molar-refractivity contribution is 9.10. The third kappa shape index (κ3) is 3.92. The second kappa shape index (κ2) is 6.09. The van der Waals surface area contributed by atoms with Gasteiger partial charge in [-0.3, -0.25) is 0 Å². The average molecular weight is 366 g/mol. The molecule has 0 aliphatic heterocycles. The van der Waals surface area contributed by atoms with Crippen LogP contribution in [0.5, 0.6) is 0 Å². The van der Waals surface area contributed by atoms with Crippen molar-refractivity contribution >= 4 is 33.1 Å². The van der Waals surface area contributed by atoms with Gasteiger partial charge in [0, 0.05) is 29.0 Å². The number of hydrogen-bond acceptors (Lipinski definition) is 4. The van der Waals surface area contributed by atoms with Gasteiger partial charge in [0.05, 0.1) is 5.01 Å². The summed E-state index contributed by atoms with van der Waals surface area (Å²) in [7, 11) is 0. The van der Waals surface area contributed by atoms with E-state index >= 15 is 0 Å². The number of aryl methyl sites for hydroxylation is 1. The molecular formula is C12H11BrF3N3S. The van der Waals surface area contributed by atoms with Crippen LogP contribution in [-0.4, -0.2) is 16.5 Å². The van der Waals surface area contributed by atoms with Crippen LogP contribution in [0.4, 0.5) is 19.0 Å². The van der Waals surface area contributed by atoms with Crippen LogP contribution in [-0.2, 0) is 12.6 Å². The largest absolute Gasteiger partial charge is 0.434 e. The minimum atomic E-state index is -4.37. The summed E-state index contributed by atoms with van der Waals surface area (Å²) in [5.74, 6) is 0.693. The van der Waals surface area contributed by atoms with Gasteiger partial charge in [0.1, 0.15) is 5.82 Å². The molecule has 0 saturated heterocycles. The molecule has 0 aliphatic carbocycles. The topological polar surface area (TPSA) is 37.8 Å². The lowest BCUT2D eigenvalue weighted by atomic mass is 10.3. The van der Waals surface area contributed by atoms with E-state index in [9.17, 15) is 13.2 Å². The summed E-state index contributed by atoms with van der Waals surface area (Å²) in [6, 6.07) is 1.87. The molecule has 0 amide bonds. The smallest absolute Gasteiger partial charge is 0.370 e. The van der Waals surface area contributed by atoms with Gasteiger partial charge >= 0.3 is 6.18 Å². The summed E-state index contributed by atoms with van der Waals surface area (Å²) in [4.78, 5) is 7.73. The van der Waals surface area contributed by atoms with Crippen LogP contribution < -0.4 is 5.32 Å². The van der Waals surface area contributed by atoms with Gasteiger partial charge in [-0.25, -0.2) is 9.97 Å². The first-order valence-corrected chi connectivity index (χ1v) is 7.41. The second-order valence-electron chi connectivity index (χ2n) is 4.12. The van der Waals surface area contributed by atoms with Crippen LogP contribution in [0.15, 0.2) is 22.1 Å². The van der Waals surface area contributed by atoms with Gasteiger partial charge in [-0.15, -0.1) is 11.3 Å². The Bertz CT molecular complexity index is 598. The zero-order chi connectivity index (χ0) is 14.8. The van der Waals surface area contributed by atoms with Crippen molar-refractivity contribution in [3.05, 3.63) is 38.4 Å². The molecule has 0 unspecified atom stereocenters. The van der Waals surface area contributed by atoms with Crippen LogP contribution in [0.3, 0.4) is 0 Å². The fraction of sp³-hybridized carbons (Fsp3) is 0.333. The van der Waals surface area contributed by atoms with E-state index in [-0.39, 0.29) is 0 Å². The molecule has 20 heavy (non-hydrogen) atoms. The Morgan fingerprint density at radius 2 is 2.15 bits per heavy atom. The van der Waals surface area contributed by atoms with E-state index in [4.69, 9.17) is 0 Å². The highest BCUT2D eigenvalue weighted by Gasteiger charge is 2.33. The predicted octanol–water partition coefficient (Wildman–Crippen LogP) is 4.28. The summed E-state index contributed by atoms with van der Waals surface area (Å²) in [6.45, 7) is 2.42. The molecule has 1 N–H and O–H groups in total. The number of halogens is 4. The van der Waals surface area contributed by atoms with Crippen LogP contribution in [0.25, 0.3) is 0 Å². The molecule has 108 valence electrons.